The SMILES string of the molecule is CCOC(=O)CCCCCCCCCCCCCCC(C)CC(=O)OCC. The lowest BCUT2D eigenvalue weighted by Gasteiger charge is -2.10. The van der Waals surface area contributed by atoms with Crippen molar-refractivity contribution in [3.63, 3.8) is 0 Å². The van der Waals surface area contributed by atoms with Gasteiger partial charge in [0.05, 0.1) is 13.2 Å². The first-order valence-electron chi connectivity index (χ1n) is 11.4. The second kappa shape index (κ2) is 19.7. The van der Waals surface area contributed by atoms with E-state index in [2.05, 4.69) is 6.92 Å². The molecule has 0 aromatic carbocycles. The first kappa shape index (κ1) is 25.9. The molecule has 0 aromatic rings. The van der Waals surface area contributed by atoms with E-state index in [0.29, 0.717) is 32.0 Å². The molecule has 0 aliphatic rings. The molecule has 0 saturated carbocycles. The zero-order valence-corrected chi connectivity index (χ0v) is 18.2. The van der Waals surface area contributed by atoms with Crippen LogP contribution in [0, 0.1) is 5.92 Å². The molecule has 0 fully saturated rings. The molecule has 27 heavy (non-hydrogen) atoms. The Labute approximate surface area is 167 Å². The lowest BCUT2D eigenvalue weighted by molar-refractivity contribution is -0.144. The van der Waals surface area contributed by atoms with Crippen molar-refractivity contribution in [1.29, 1.82) is 0 Å². The van der Waals surface area contributed by atoms with Crippen molar-refractivity contribution in [2.45, 2.75) is 117 Å². The van der Waals surface area contributed by atoms with E-state index < -0.39 is 0 Å². The van der Waals surface area contributed by atoms with Gasteiger partial charge in [-0.05, 0) is 26.2 Å². The second-order valence-electron chi connectivity index (χ2n) is 7.70. The number of esters is 2. The molecule has 0 rings (SSSR count). The normalized spacial score (nSPS) is 12.0. The Morgan fingerprint density at radius 2 is 1.04 bits per heavy atom. The summed E-state index contributed by atoms with van der Waals surface area (Å²) in [5, 5.41) is 0. The molecule has 0 bridgehead atoms. The topological polar surface area (TPSA) is 52.6 Å². The fraction of sp³-hybridized carbons (Fsp3) is 0.913. The van der Waals surface area contributed by atoms with E-state index in [-0.39, 0.29) is 11.9 Å². The highest BCUT2D eigenvalue weighted by molar-refractivity contribution is 5.69. The van der Waals surface area contributed by atoms with Crippen LogP contribution in [-0.4, -0.2) is 25.2 Å². The Morgan fingerprint density at radius 3 is 1.52 bits per heavy atom. The fourth-order valence-corrected chi connectivity index (χ4v) is 3.37. The van der Waals surface area contributed by atoms with Crippen LogP contribution >= 0.6 is 0 Å². The first-order valence-corrected chi connectivity index (χ1v) is 11.4. The molecular formula is C23H44O4. The zero-order chi connectivity index (χ0) is 20.2. The molecule has 0 heterocycles. The third-order valence-corrected chi connectivity index (χ3v) is 4.95. The molecule has 0 aromatic heterocycles. The molecule has 0 radical (unpaired) electrons. The van der Waals surface area contributed by atoms with Gasteiger partial charge in [0.2, 0.25) is 0 Å². The predicted molar refractivity (Wildman–Crippen MR) is 112 cm³/mol. The molecule has 0 aliphatic heterocycles. The van der Waals surface area contributed by atoms with Gasteiger partial charge < -0.3 is 9.47 Å². The largest absolute Gasteiger partial charge is 0.466 e. The van der Waals surface area contributed by atoms with E-state index in [1.807, 2.05) is 13.8 Å². The standard InChI is InChI=1S/C23H44O4/c1-4-26-22(24)19-17-15-13-11-9-7-6-8-10-12-14-16-18-21(3)20-23(25)27-5-2/h21H,4-20H2,1-3H3. The molecule has 0 spiro atoms. The number of hydrogen-bond donors (Lipinski definition) is 0. The summed E-state index contributed by atoms with van der Waals surface area (Å²) in [4.78, 5) is 22.6. The van der Waals surface area contributed by atoms with E-state index in [1.54, 1.807) is 0 Å². The number of rotatable bonds is 19. The second-order valence-corrected chi connectivity index (χ2v) is 7.70. The molecule has 0 amide bonds. The molecule has 1 atom stereocenters. The van der Waals surface area contributed by atoms with E-state index in [4.69, 9.17) is 9.47 Å². The Hall–Kier alpha value is -1.06. The zero-order valence-electron chi connectivity index (χ0n) is 18.2. The summed E-state index contributed by atoms with van der Waals surface area (Å²) in [6, 6.07) is 0. The third-order valence-electron chi connectivity index (χ3n) is 4.95. The van der Waals surface area contributed by atoms with Gasteiger partial charge in [0.15, 0.2) is 0 Å². The minimum Gasteiger partial charge on any atom is -0.466 e. The molecule has 1 unspecified atom stereocenters. The lowest BCUT2D eigenvalue weighted by atomic mass is 9.99. The molecule has 0 saturated heterocycles. The van der Waals surface area contributed by atoms with Crippen molar-refractivity contribution < 1.29 is 19.1 Å². The van der Waals surface area contributed by atoms with Crippen LogP contribution in [0.3, 0.4) is 0 Å². The van der Waals surface area contributed by atoms with Crippen LogP contribution in [0.4, 0.5) is 0 Å². The van der Waals surface area contributed by atoms with E-state index in [1.165, 1.54) is 64.2 Å². The molecule has 0 N–H and O–H groups in total. The third kappa shape index (κ3) is 19.5. The van der Waals surface area contributed by atoms with Crippen LogP contribution in [0.2, 0.25) is 0 Å². The molecule has 4 nitrogen and oxygen atoms in total. The van der Waals surface area contributed by atoms with Crippen LogP contribution in [0.1, 0.15) is 117 Å². The summed E-state index contributed by atoms with van der Waals surface area (Å²) in [6.07, 6.45) is 17.5. The summed E-state index contributed by atoms with van der Waals surface area (Å²) in [5.74, 6) is 0.344. The minimum atomic E-state index is -0.0519. The van der Waals surface area contributed by atoms with Crippen molar-refractivity contribution in [1.82, 2.24) is 0 Å². The van der Waals surface area contributed by atoms with Crippen LogP contribution in [0.15, 0.2) is 0 Å². The van der Waals surface area contributed by atoms with Gasteiger partial charge in [-0.25, -0.2) is 0 Å². The summed E-state index contributed by atoms with van der Waals surface area (Å²) >= 11 is 0. The number of ether oxygens (including phenoxy) is 2. The Morgan fingerprint density at radius 1 is 0.630 bits per heavy atom. The first-order chi connectivity index (χ1) is 13.1. The number of carbonyl (C=O) groups excluding carboxylic acids is 2. The van der Waals surface area contributed by atoms with Crippen molar-refractivity contribution in [3.8, 4) is 0 Å². The predicted octanol–water partition coefficient (Wildman–Crippen LogP) is 6.60. The fourth-order valence-electron chi connectivity index (χ4n) is 3.37. The summed E-state index contributed by atoms with van der Waals surface area (Å²) in [6.45, 7) is 6.84. The molecule has 4 heteroatoms. The monoisotopic (exact) mass is 384 g/mol. The van der Waals surface area contributed by atoms with Gasteiger partial charge in [-0.15, -0.1) is 0 Å². The maximum Gasteiger partial charge on any atom is 0.306 e. The Balaban J connectivity index is 3.21. The van der Waals surface area contributed by atoms with Crippen molar-refractivity contribution in [2.75, 3.05) is 13.2 Å². The summed E-state index contributed by atoms with van der Waals surface area (Å²) in [7, 11) is 0. The van der Waals surface area contributed by atoms with Crippen LogP contribution in [-0.2, 0) is 19.1 Å². The highest BCUT2D eigenvalue weighted by Crippen LogP contribution is 2.16. The maximum absolute atomic E-state index is 11.4. The van der Waals surface area contributed by atoms with Crippen molar-refractivity contribution in [2.24, 2.45) is 5.92 Å². The highest BCUT2D eigenvalue weighted by atomic mass is 16.5. The smallest absolute Gasteiger partial charge is 0.306 e. The Kier molecular flexibility index (Phi) is 18.9. The van der Waals surface area contributed by atoms with Crippen LogP contribution in [0.5, 0.6) is 0 Å². The Bertz CT molecular complexity index is 354. The van der Waals surface area contributed by atoms with Crippen molar-refractivity contribution >= 4 is 11.9 Å². The molecule has 160 valence electrons. The highest BCUT2D eigenvalue weighted by Gasteiger charge is 2.09. The van der Waals surface area contributed by atoms with Crippen LogP contribution < -0.4 is 0 Å². The van der Waals surface area contributed by atoms with E-state index in [0.717, 1.165) is 19.3 Å². The van der Waals surface area contributed by atoms with Crippen LogP contribution in [0.25, 0.3) is 0 Å². The average Bonchev–Trinajstić information content (AvgIpc) is 2.62. The van der Waals surface area contributed by atoms with Gasteiger partial charge in [-0.3, -0.25) is 9.59 Å². The van der Waals surface area contributed by atoms with Gasteiger partial charge in [-0.2, -0.15) is 0 Å². The molecular weight excluding hydrogens is 340 g/mol. The van der Waals surface area contributed by atoms with E-state index >= 15 is 0 Å². The lowest BCUT2D eigenvalue weighted by Crippen LogP contribution is -2.09. The van der Waals surface area contributed by atoms with Gasteiger partial charge in [-0.1, -0.05) is 84.0 Å². The number of hydrogen-bond acceptors (Lipinski definition) is 4. The summed E-state index contributed by atoms with van der Waals surface area (Å²) in [5.41, 5.74) is 0. The maximum atomic E-state index is 11.4. The van der Waals surface area contributed by atoms with Gasteiger partial charge in [0.1, 0.15) is 0 Å². The number of unbranched alkanes of at least 4 members (excludes halogenated alkanes) is 11. The van der Waals surface area contributed by atoms with Gasteiger partial charge >= 0.3 is 11.9 Å². The minimum absolute atomic E-state index is 0.0500. The average molecular weight is 385 g/mol. The van der Waals surface area contributed by atoms with Gasteiger partial charge in [0, 0.05) is 12.8 Å². The van der Waals surface area contributed by atoms with E-state index in [9.17, 15) is 9.59 Å². The molecule has 0 aliphatic carbocycles. The number of carbonyl (C=O) groups is 2. The quantitative estimate of drug-likeness (QED) is 0.186. The van der Waals surface area contributed by atoms with Crippen molar-refractivity contribution in [3.05, 3.63) is 0 Å². The summed E-state index contributed by atoms with van der Waals surface area (Å²) < 4.78 is 9.92. The van der Waals surface area contributed by atoms with Gasteiger partial charge in [0.25, 0.3) is 0 Å².